The fourth-order valence-electron chi connectivity index (χ4n) is 3.46. The van der Waals surface area contributed by atoms with Crippen molar-refractivity contribution >= 4 is 45.9 Å². The number of hydrogen-bond donors (Lipinski definition) is 1. The van der Waals surface area contributed by atoms with E-state index in [1.165, 1.54) is 12.1 Å². The van der Waals surface area contributed by atoms with Crippen LogP contribution in [0.5, 0.6) is 0 Å². The van der Waals surface area contributed by atoms with Gasteiger partial charge in [0.05, 0.1) is 26.7 Å². The fraction of sp³-hybridized carbons (Fsp3) is 0.0435. The molecule has 1 aromatic heterocycles. The zero-order valence-electron chi connectivity index (χ0n) is 15.3. The second kappa shape index (κ2) is 7.39. The largest absolute Gasteiger partial charge is 0.478 e. The van der Waals surface area contributed by atoms with Crippen LogP contribution in [0.3, 0.4) is 0 Å². The minimum atomic E-state index is -0.991. The fourth-order valence-corrected chi connectivity index (χ4v) is 4.03. The molecular formula is C23H15Cl2NO3. The van der Waals surface area contributed by atoms with Gasteiger partial charge in [-0.1, -0.05) is 47.5 Å². The normalized spacial score (nSPS) is 11.0. The first-order chi connectivity index (χ1) is 13.9. The van der Waals surface area contributed by atoms with Crippen molar-refractivity contribution in [2.75, 3.05) is 0 Å². The van der Waals surface area contributed by atoms with Crippen molar-refractivity contribution in [3.05, 3.63) is 99.2 Å². The Labute approximate surface area is 176 Å². The summed E-state index contributed by atoms with van der Waals surface area (Å²) in [7, 11) is 0. The van der Waals surface area contributed by atoms with Crippen molar-refractivity contribution in [3.63, 3.8) is 0 Å². The van der Waals surface area contributed by atoms with E-state index in [1.807, 2.05) is 29.7 Å². The van der Waals surface area contributed by atoms with E-state index < -0.39 is 5.97 Å². The molecule has 0 fully saturated rings. The summed E-state index contributed by atoms with van der Waals surface area (Å²) in [6, 6.07) is 17.2. The maximum Gasteiger partial charge on any atom is 0.335 e. The van der Waals surface area contributed by atoms with E-state index in [0.29, 0.717) is 15.6 Å². The number of rotatable bonds is 4. The summed E-state index contributed by atoms with van der Waals surface area (Å²) in [4.78, 5) is 24.5. The molecule has 0 aliphatic carbocycles. The summed E-state index contributed by atoms with van der Waals surface area (Å²) in [6.07, 6.45) is 1.75. The smallest absolute Gasteiger partial charge is 0.335 e. The molecule has 0 spiro atoms. The molecular weight excluding hydrogens is 409 g/mol. The van der Waals surface area contributed by atoms with Gasteiger partial charge in [-0.3, -0.25) is 4.79 Å². The molecule has 4 aromatic rings. The zero-order chi connectivity index (χ0) is 20.7. The summed E-state index contributed by atoms with van der Waals surface area (Å²) < 4.78 is 1.88. The van der Waals surface area contributed by atoms with Gasteiger partial charge in [0, 0.05) is 22.8 Å². The summed E-state index contributed by atoms with van der Waals surface area (Å²) in [6.45, 7) is 1.96. The molecule has 0 aliphatic heterocycles. The zero-order valence-corrected chi connectivity index (χ0v) is 16.8. The number of carboxylic acids is 1. The number of benzene rings is 3. The molecule has 0 bridgehead atoms. The summed E-state index contributed by atoms with van der Waals surface area (Å²) in [5, 5.41) is 10.5. The number of carbonyl (C=O) groups excluding carboxylic acids is 1. The van der Waals surface area contributed by atoms with E-state index in [9.17, 15) is 9.59 Å². The Morgan fingerprint density at radius 3 is 2.14 bits per heavy atom. The molecule has 0 aliphatic rings. The van der Waals surface area contributed by atoms with Crippen LogP contribution in [0.1, 0.15) is 31.8 Å². The lowest BCUT2D eigenvalue weighted by Crippen LogP contribution is -2.03. The molecule has 144 valence electrons. The Bertz CT molecular complexity index is 1250. The number of aryl methyl sites for hydroxylation is 1. The Morgan fingerprint density at radius 1 is 0.897 bits per heavy atom. The summed E-state index contributed by atoms with van der Waals surface area (Å²) >= 11 is 12.5. The molecule has 4 rings (SSSR count). The van der Waals surface area contributed by atoms with Gasteiger partial charge in [0.1, 0.15) is 0 Å². The maximum atomic E-state index is 13.3. The highest BCUT2D eigenvalue weighted by Crippen LogP contribution is 2.33. The van der Waals surface area contributed by atoms with Crippen LogP contribution in [-0.2, 0) is 0 Å². The molecule has 0 saturated heterocycles. The van der Waals surface area contributed by atoms with E-state index in [1.54, 1.807) is 36.5 Å². The molecule has 3 aromatic carbocycles. The van der Waals surface area contributed by atoms with E-state index in [4.69, 9.17) is 28.3 Å². The van der Waals surface area contributed by atoms with Gasteiger partial charge in [0.15, 0.2) is 5.78 Å². The molecule has 0 amide bonds. The monoisotopic (exact) mass is 423 g/mol. The van der Waals surface area contributed by atoms with Crippen LogP contribution in [-0.4, -0.2) is 21.4 Å². The van der Waals surface area contributed by atoms with Crippen molar-refractivity contribution in [1.82, 2.24) is 4.57 Å². The van der Waals surface area contributed by atoms with Crippen LogP contribution < -0.4 is 0 Å². The van der Waals surface area contributed by atoms with Crippen molar-refractivity contribution in [1.29, 1.82) is 0 Å². The molecule has 0 saturated carbocycles. The van der Waals surface area contributed by atoms with Gasteiger partial charge in [-0.2, -0.15) is 0 Å². The number of para-hydroxylation sites is 1. The van der Waals surface area contributed by atoms with Crippen LogP contribution in [0, 0.1) is 6.92 Å². The standard InChI is InChI=1S/C23H15Cl2NO3/c1-13-4-2-5-16-17(22(27)20-18(24)6-3-7-19(20)25)12-26(21(13)16)15-10-8-14(9-11-15)23(28)29/h2-12H,1H3,(H,28,29). The van der Waals surface area contributed by atoms with Crippen molar-refractivity contribution in [3.8, 4) is 5.69 Å². The molecule has 0 atom stereocenters. The number of ketones is 1. The van der Waals surface area contributed by atoms with Gasteiger partial charge >= 0.3 is 5.97 Å². The molecule has 1 N–H and O–H groups in total. The highest BCUT2D eigenvalue weighted by atomic mass is 35.5. The quantitative estimate of drug-likeness (QED) is 0.399. The minimum absolute atomic E-state index is 0.195. The SMILES string of the molecule is Cc1cccc2c(C(=O)c3c(Cl)cccc3Cl)cn(-c3ccc(C(=O)O)cc3)c12. The first kappa shape index (κ1) is 19.2. The number of aromatic nitrogens is 1. The van der Waals surface area contributed by atoms with E-state index in [2.05, 4.69) is 0 Å². The second-order valence-electron chi connectivity index (χ2n) is 6.66. The van der Waals surface area contributed by atoms with Crippen LogP contribution in [0.25, 0.3) is 16.6 Å². The lowest BCUT2D eigenvalue weighted by molar-refractivity contribution is 0.0696. The Hall–Kier alpha value is -3.08. The molecule has 4 nitrogen and oxygen atoms in total. The summed E-state index contributed by atoms with van der Waals surface area (Å²) in [5.41, 5.74) is 3.52. The third kappa shape index (κ3) is 3.31. The Balaban J connectivity index is 1.94. The van der Waals surface area contributed by atoms with Crippen LogP contribution >= 0.6 is 23.2 Å². The second-order valence-corrected chi connectivity index (χ2v) is 7.48. The van der Waals surface area contributed by atoms with Gasteiger partial charge in [0.25, 0.3) is 0 Å². The third-order valence-electron chi connectivity index (χ3n) is 4.85. The highest BCUT2D eigenvalue weighted by molar-refractivity contribution is 6.41. The lowest BCUT2D eigenvalue weighted by atomic mass is 10.0. The molecule has 0 unspecified atom stereocenters. The molecule has 1 heterocycles. The number of halogens is 2. The van der Waals surface area contributed by atoms with E-state index in [-0.39, 0.29) is 16.9 Å². The third-order valence-corrected chi connectivity index (χ3v) is 5.48. The number of hydrogen-bond acceptors (Lipinski definition) is 2. The predicted molar refractivity (Wildman–Crippen MR) is 115 cm³/mol. The lowest BCUT2D eigenvalue weighted by Gasteiger charge is -2.07. The van der Waals surface area contributed by atoms with Gasteiger partial charge in [-0.15, -0.1) is 0 Å². The van der Waals surface area contributed by atoms with Gasteiger partial charge in [-0.25, -0.2) is 4.79 Å². The highest BCUT2D eigenvalue weighted by Gasteiger charge is 2.22. The molecule has 29 heavy (non-hydrogen) atoms. The minimum Gasteiger partial charge on any atom is -0.478 e. The average Bonchev–Trinajstić information content (AvgIpc) is 3.09. The topological polar surface area (TPSA) is 59.3 Å². The molecule has 0 radical (unpaired) electrons. The van der Waals surface area contributed by atoms with Gasteiger partial charge in [-0.05, 0) is 48.9 Å². The maximum absolute atomic E-state index is 13.3. The Morgan fingerprint density at radius 2 is 1.52 bits per heavy atom. The van der Waals surface area contributed by atoms with Gasteiger partial charge in [0.2, 0.25) is 0 Å². The van der Waals surface area contributed by atoms with Gasteiger partial charge < -0.3 is 9.67 Å². The van der Waals surface area contributed by atoms with Crippen molar-refractivity contribution in [2.45, 2.75) is 6.92 Å². The molecule has 6 heteroatoms. The summed E-state index contributed by atoms with van der Waals surface area (Å²) in [5.74, 6) is -1.26. The number of carbonyl (C=O) groups is 2. The van der Waals surface area contributed by atoms with E-state index >= 15 is 0 Å². The van der Waals surface area contributed by atoms with E-state index in [0.717, 1.165) is 22.2 Å². The Kier molecular flexibility index (Phi) is 4.91. The van der Waals surface area contributed by atoms with Crippen molar-refractivity contribution in [2.24, 2.45) is 0 Å². The van der Waals surface area contributed by atoms with Crippen LogP contribution in [0.4, 0.5) is 0 Å². The number of nitrogens with zero attached hydrogens (tertiary/aromatic N) is 1. The number of carboxylic acid groups (broad SMARTS) is 1. The predicted octanol–water partition coefficient (Wildman–Crippen LogP) is 6.17. The average molecular weight is 424 g/mol. The number of fused-ring (bicyclic) bond motifs is 1. The van der Waals surface area contributed by atoms with Crippen LogP contribution in [0.2, 0.25) is 10.0 Å². The first-order valence-corrected chi connectivity index (χ1v) is 9.57. The first-order valence-electron chi connectivity index (χ1n) is 8.81. The van der Waals surface area contributed by atoms with Crippen LogP contribution in [0.15, 0.2) is 66.9 Å². The van der Waals surface area contributed by atoms with Crippen molar-refractivity contribution < 1.29 is 14.7 Å². The number of aromatic carboxylic acids is 1.